The molecule has 0 bridgehead atoms. The number of aromatic nitrogens is 2. The zero-order valence-corrected chi connectivity index (χ0v) is 24.8. The van der Waals surface area contributed by atoms with E-state index in [4.69, 9.17) is 29.4 Å². The summed E-state index contributed by atoms with van der Waals surface area (Å²) in [4.78, 5) is 58.6. The minimum atomic E-state index is -5.05. The lowest BCUT2D eigenvalue weighted by molar-refractivity contribution is -0.0459. The maximum Gasteiger partial charge on any atom is 0.478 e. The van der Waals surface area contributed by atoms with Crippen molar-refractivity contribution in [3.05, 3.63) is 32.6 Å². The zero-order valence-electron chi connectivity index (χ0n) is 23.0. The van der Waals surface area contributed by atoms with Crippen molar-refractivity contribution in [2.24, 2.45) is 0 Å². The van der Waals surface area contributed by atoms with Crippen LogP contribution in [-0.4, -0.2) is 82.7 Å². The Bertz CT molecular complexity index is 983. The van der Waals surface area contributed by atoms with E-state index < -0.39 is 45.3 Å². The summed E-state index contributed by atoms with van der Waals surface area (Å²) in [6, 6.07) is 0. The average molecular weight is 606 g/mol. The Hall–Kier alpha value is -1.22. The van der Waals surface area contributed by atoms with Gasteiger partial charge in [-0.2, -0.15) is 4.31 Å². The Morgan fingerprint density at radius 1 is 1.00 bits per heavy atom. The summed E-state index contributed by atoms with van der Waals surface area (Å²) < 4.78 is 28.8. The minimum absolute atomic E-state index is 0.205. The van der Waals surface area contributed by atoms with Gasteiger partial charge < -0.3 is 39.4 Å². The van der Waals surface area contributed by atoms with Crippen LogP contribution in [-0.2, 0) is 18.2 Å². The van der Waals surface area contributed by atoms with E-state index in [9.17, 15) is 23.8 Å². The Balaban J connectivity index is 0.000000588. The summed E-state index contributed by atoms with van der Waals surface area (Å²) >= 11 is 0. The van der Waals surface area contributed by atoms with E-state index >= 15 is 0 Å². The van der Waals surface area contributed by atoms with Gasteiger partial charge in [0.1, 0.15) is 12.3 Å². The number of nitrogens with zero attached hydrogens (tertiary/aromatic N) is 2. The molecule has 7 N–H and O–H groups in total. The number of unbranched alkanes of at least 4 members (excludes halogenated alkanes) is 3. The van der Waals surface area contributed by atoms with Crippen LogP contribution >= 0.6 is 15.6 Å². The Morgan fingerprint density at radius 3 is 1.79 bits per heavy atom. The molecule has 0 unspecified atom stereocenters. The molecule has 0 amide bonds. The first-order valence-corrected chi connectivity index (χ1v) is 16.0. The first-order valence-electron chi connectivity index (χ1n) is 12.9. The topological polar surface area (TPSA) is 232 Å². The van der Waals surface area contributed by atoms with Crippen molar-refractivity contribution >= 4 is 15.6 Å². The van der Waals surface area contributed by atoms with Crippen molar-refractivity contribution in [2.45, 2.75) is 91.1 Å². The molecule has 0 spiro atoms. The molecule has 17 heteroatoms. The van der Waals surface area contributed by atoms with E-state index in [0.717, 1.165) is 0 Å². The van der Waals surface area contributed by atoms with Gasteiger partial charge in [-0.1, -0.05) is 40.0 Å². The number of phosphoric acid groups is 2. The van der Waals surface area contributed by atoms with Crippen molar-refractivity contribution in [3.8, 4) is 0 Å². The molecule has 1 aromatic heterocycles. The number of aliphatic hydroxyl groups excluding tert-OH is 2. The molecule has 1 aromatic rings. The molecule has 1 saturated heterocycles. The molecule has 0 aromatic carbocycles. The summed E-state index contributed by atoms with van der Waals surface area (Å²) in [5, 5.41) is 18.5. The van der Waals surface area contributed by atoms with Crippen LogP contribution in [0.25, 0.3) is 0 Å². The number of H-pyrrole nitrogens is 1. The maximum atomic E-state index is 11.6. The number of ether oxygens (including phenoxy) is 1. The summed E-state index contributed by atoms with van der Waals surface area (Å²) in [6.45, 7) is 12.0. The van der Waals surface area contributed by atoms with Gasteiger partial charge >= 0.3 is 21.3 Å². The van der Waals surface area contributed by atoms with Crippen LogP contribution in [0, 0.1) is 6.92 Å². The Kier molecular flexibility index (Phi) is 18.4. The maximum absolute atomic E-state index is 11.6. The molecule has 1 fully saturated rings. The summed E-state index contributed by atoms with van der Waals surface area (Å²) in [7, 11) is -10.1. The highest BCUT2D eigenvalue weighted by molar-refractivity contribution is 7.60. The number of aromatic amines is 1. The second kappa shape index (κ2) is 19.0. The lowest BCUT2D eigenvalue weighted by Gasteiger charge is -2.21. The Labute approximate surface area is 228 Å². The van der Waals surface area contributed by atoms with Gasteiger partial charge in [0.2, 0.25) is 0 Å². The van der Waals surface area contributed by atoms with Gasteiger partial charge in [-0.3, -0.25) is 14.3 Å². The van der Waals surface area contributed by atoms with E-state index in [1.165, 1.54) is 68.9 Å². The fourth-order valence-corrected chi connectivity index (χ4v) is 4.58. The SMILES string of the molecule is CCCCN(CCCC)CCCC.Cc1cn([C@H]2C[C@H](O)[C@@H](CO)O2)c(=O)[nH]c1=O.O=P(O)(O)OP(=O)(O)O. The number of rotatable bonds is 13. The highest BCUT2D eigenvalue weighted by Gasteiger charge is 2.35. The van der Waals surface area contributed by atoms with Crippen molar-refractivity contribution in [1.29, 1.82) is 0 Å². The Morgan fingerprint density at radius 2 is 1.46 bits per heavy atom. The highest BCUT2D eigenvalue weighted by atomic mass is 31.3. The van der Waals surface area contributed by atoms with E-state index in [0.29, 0.717) is 5.56 Å². The average Bonchev–Trinajstić information content (AvgIpc) is 3.19. The van der Waals surface area contributed by atoms with Crippen molar-refractivity contribution in [1.82, 2.24) is 14.5 Å². The van der Waals surface area contributed by atoms with Gasteiger partial charge in [0.25, 0.3) is 5.56 Å². The van der Waals surface area contributed by atoms with Gasteiger partial charge in [0, 0.05) is 18.2 Å². The molecular weight excluding hydrogens is 560 g/mol. The molecule has 2 rings (SSSR count). The summed E-state index contributed by atoms with van der Waals surface area (Å²) in [5.74, 6) is 0. The third-order valence-electron chi connectivity index (χ3n) is 5.54. The number of hydrogen-bond acceptors (Lipinski definition) is 9. The predicted molar refractivity (Wildman–Crippen MR) is 144 cm³/mol. The number of hydrogen-bond donors (Lipinski definition) is 7. The standard InChI is InChI=1S/C12H27N.C10H14N2O5.H4O7P2/c1-4-7-10-13(11-8-5-2)12-9-6-3;1-5-3-12(10(16)11-9(5)15)8-2-6(14)7(4-13)17-8;1-8(2,3)7-9(4,5)6/h4-12H2,1-3H3;3,6-8,13-14H,2,4H2,1H3,(H,11,15,16);(H2,1,2,3)(H2,4,5,6)/t;6-,7+,8+;/m.0./s1. The van der Waals surface area contributed by atoms with Crippen LogP contribution in [0.4, 0.5) is 0 Å². The lowest BCUT2D eigenvalue weighted by atomic mass is 10.2. The van der Waals surface area contributed by atoms with Gasteiger partial charge in [0.15, 0.2) is 0 Å². The molecular formula is C22H45N3O12P2. The molecule has 15 nitrogen and oxygen atoms in total. The van der Waals surface area contributed by atoms with Crippen LogP contribution in [0.15, 0.2) is 15.8 Å². The second-order valence-electron chi connectivity index (χ2n) is 9.06. The molecule has 1 aliphatic heterocycles. The predicted octanol–water partition coefficient (Wildman–Crippen LogP) is 1.36. The highest BCUT2D eigenvalue weighted by Crippen LogP contribution is 2.53. The largest absolute Gasteiger partial charge is 0.478 e. The van der Waals surface area contributed by atoms with Gasteiger partial charge in [-0.05, 0) is 45.8 Å². The van der Waals surface area contributed by atoms with Gasteiger partial charge in [0.05, 0.1) is 12.7 Å². The summed E-state index contributed by atoms with van der Waals surface area (Å²) in [5.41, 5.74) is -0.643. The lowest BCUT2D eigenvalue weighted by Crippen LogP contribution is -2.33. The zero-order chi connectivity index (χ0) is 30.2. The fraction of sp³-hybridized carbons (Fsp3) is 0.818. The molecule has 2 heterocycles. The van der Waals surface area contributed by atoms with E-state index in [1.54, 1.807) is 6.92 Å². The third kappa shape index (κ3) is 17.3. The quantitative estimate of drug-likeness (QED) is 0.158. The minimum Gasteiger partial charge on any atom is -0.394 e. The van der Waals surface area contributed by atoms with Crippen LogP contribution in [0.1, 0.15) is 77.5 Å². The van der Waals surface area contributed by atoms with E-state index in [2.05, 4.69) is 35.0 Å². The smallest absolute Gasteiger partial charge is 0.394 e. The van der Waals surface area contributed by atoms with Crippen LogP contribution in [0.2, 0.25) is 0 Å². The molecule has 1 aliphatic rings. The van der Waals surface area contributed by atoms with E-state index in [1.807, 2.05) is 0 Å². The van der Waals surface area contributed by atoms with Crippen molar-refractivity contribution in [2.75, 3.05) is 26.2 Å². The molecule has 0 saturated carbocycles. The van der Waals surface area contributed by atoms with Crippen LogP contribution in [0.3, 0.4) is 0 Å². The van der Waals surface area contributed by atoms with Crippen molar-refractivity contribution < 1.29 is 48.0 Å². The normalized spacial score (nSPS) is 19.3. The first kappa shape index (κ1) is 37.8. The molecule has 3 atom stereocenters. The van der Waals surface area contributed by atoms with Crippen LogP contribution in [0.5, 0.6) is 0 Å². The third-order valence-corrected chi connectivity index (χ3v) is 7.24. The molecule has 230 valence electrons. The first-order chi connectivity index (χ1) is 18.1. The molecule has 0 radical (unpaired) electrons. The monoisotopic (exact) mass is 605 g/mol. The van der Waals surface area contributed by atoms with Gasteiger partial charge in [-0.15, -0.1) is 0 Å². The second-order valence-corrected chi connectivity index (χ2v) is 11.7. The molecule has 39 heavy (non-hydrogen) atoms. The number of nitrogens with one attached hydrogen (secondary N) is 1. The number of aliphatic hydroxyl groups is 2. The van der Waals surface area contributed by atoms with Crippen LogP contribution < -0.4 is 11.2 Å². The molecule has 0 aliphatic carbocycles. The number of aryl methyl sites for hydroxylation is 1. The fourth-order valence-electron chi connectivity index (χ4n) is 3.47. The van der Waals surface area contributed by atoms with Gasteiger partial charge in [-0.25, -0.2) is 13.9 Å². The van der Waals surface area contributed by atoms with E-state index in [-0.39, 0.29) is 13.0 Å². The van der Waals surface area contributed by atoms with Crippen molar-refractivity contribution in [3.63, 3.8) is 0 Å². The summed E-state index contributed by atoms with van der Waals surface area (Å²) in [6.07, 6.45) is 7.51.